The molecule has 1 aromatic carbocycles. The van der Waals surface area contributed by atoms with E-state index in [4.69, 9.17) is 4.74 Å². The lowest BCUT2D eigenvalue weighted by molar-refractivity contribution is 0.0475. The number of carbonyl (C=O) groups is 3. The fourth-order valence-corrected chi connectivity index (χ4v) is 3.83. The number of rotatable bonds is 4. The first-order chi connectivity index (χ1) is 12.6. The Balaban J connectivity index is 1.48. The Morgan fingerprint density at radius 1 is 1.19 bits per heavy atom. The lowest BCUT2D eigenvalue weighted by atomic mass is 10.0. The summed E-state index contributed by atoms with van der Waals surface area (Å²) in [6, 6.07) is 4.83. The van der Waals surface area contributed by atoms with Crippen LogP contribution in [0.3, 0.4) is 0 Å². The van der Waals surface area contributed by atoms with E-state index in [1.165, 1.54) is 11.0 Å². The average molecular weight is 357 g/mol. The van der Waals surface area contributed by atoms with Crippen LogP contribution in [-0.2, 0) is 4.74 Å². The van der Waals surface area contributed by atoms with Crippen molar-refractivity contribution < 1.29 is 19.1 Å². The van der Waals surface area contributed by atoms with E-state index in [1.807, 2.05) is 0 Å². The van der Waals surface area contributed by atoms with Gasteiger partial charge in [-0.1, -0.05) is 0 Å². The molecule has 3 heterocycles. The molecule has 1 aromatic rings. The van der Waals surface area contributed by atoms with Gasteiger partial charge in [-0.3, -0.25) is 19.3 Å². The molecule has 3 amide bonds. The number of hydrogen-bond acceptors (Lipinski definition) is 5. The first-order valence-corrected chi connectivity index (χ1v) is 9.27. The summed E-state index contributed by atoms with van der Waals surface area (Å²) in [7, 11) is 0. The molecule has 2 N–H and O–H groups in total. The highest BCUT2D eigenvalue weighted by Gasteiger charge is 2.38. The maximum atomic E-state index is 12.7. The first-order valence-electron chi connectivity index (χ1n) is 9.27. The zero-order valence-electron chi connectivity index (χ0n) is 14.6. The molecule has 0 spiro atoms. The zero-order valence-corrected chi connectivity index (χ0v) is 14.6. The molecule has 0 saturated carbocycles. The van der Waals surface area contributed by atoms with Gasteiger partial charge in [0.15, 0.2) is 0 Å². The SMILES string of the molecule is O=C(N[C@H]1CCCNC1)c1ccc2c(c1)C(=O)N(CC1CCCO1)C2=O. The molecule has 4 rings (SSSR count). The summed E-state index contributed by atoms with van der Waals surface area (Å²) in [6.07, 6.45) is 3.69. The molecule has 2 saturated heterocycles. The van der Waals surface area contributed by atoms with Gasteiger partial charge in [0, 0.05) is 24.8 Å². The summed E-state index contributed by atoms with van der Waals surface area (Å²) in [5, 5.41) is 6.25. The van der Waals surface area contributed by atoms with Crippen LogP contribution in [0, 0.1) is 0 Å². The van der Waals surface area contributed by atoms with Crippen molar-refractivity contribution in [2.24, 2.45) is 0 Å². The number of fused-ring (bicyclic) bond motifs is 1. The first kappa shape index (κ1) is 17.2. The van der Waals surface area contributed by atoms with Crippen LogP contribution in [0.2, 0.25) is 0 Å². The molecule has 2 atom stereocenters. The number of piperidine rings is 1. The Morgan fingerprint density at radius 2 is 2.04 bits per heavy atom. The fraction of sp³-hybridized carbons (Fsp3) is 0.526. The van der Waals surface area contributed by atoms with Gasteiger partial charge in [-0.15, -0.1) is 0 Å². The smallest absolute Gasteiger partial charge is 0.261 e. The Hall–Kier alpha value is -2.25. The van der Waals surface area contributed by atoms with Gasteiger partial charge in [-0.2, -0.15) is 0 Å². The Bertz CT molecular complexity index is 736. The van der Waals surface area contributed by atoms with Crippen molar-refractivity contribution in [3.05, 3.63) is 34.9 Å². The van der Waals surface area contributed by atoms with Crippen LogP contribution in [-0.4, -0.2) is 61.0 Å². The van der Waals surface area contributed by atoms with Crippen LogP contribution in [0.15, 0.2) is 18.2 Å². The summed E-state index contributed by atoms with van der Waals surface area (Å²) in [4.78, 5) is 38.9. The van der Waals surface area contributed by atoms with Gasteiger partial charge < -0.3 is 15.4 Å². The third-order valence-electron chi connectivity index (χ3n) is 5.28. The van der Waals surface area contributed by atoms with Crippen molar-refractivity contribution in [3.8, 4) is 0 Å². The molecular formula is C19H23N3O4. The molecule has 0 bridgehead atoms. The quantitative estimate of drug-likeness (QED) is 0.783. The van der Waals surface area contributed by atoms with Crippen molar-refractivity contribution in [1.82, 2.24) is 15.5 Å². The van der Waals surface area contributed by atoms with Crippen LogP contribution in [0.25, 0.3) is 0 Å². The van der Waals surface area contributed by atoms with Crippen LogP contribution in [0.4, 0.5) is 0 Å². The second-order valence-corrected chi connectivity index (χ2v) is 7.13. The van der Waals surface area contributed by atoms with Crippen LogP contribution < -0.4 is 10.6 Å². The second kappa shape index (κ2) is 7.17. The van der Waals surface area contributed by atoms with E-state index >= 15 is 0 Å². The zero-order chi connectivity index (χ0) is 18.1. The normalized spacial score (nSPS) is 25.5. The molecule has 3 aliphatic rings. The van der Waals surface area contributed by atoms with Crippen molar-refractivity contribution in [1.29, 1.82) is 0 Å². The number of imide groups is 1. The molecule has 1 unspecified atom stereocenters. The summed E-state index contributed by atoms with van der Waals surface area (Å²) < 4.78 is 5.54. The van der Waals surface area contributed by atoms with Gasteiger partial charge in [0.2, 0.25) is 0 Å². The Morgan fingerprint density at radius 3 is 2.77 bits per heavy atom. The highest BCUT2D eigenvalue weighted by Crippen LogP contribution is 2.26. The minimum atomic E-state index is -0.338. The van der Waals surface area contributed by atoms with E-state index < -0.39 is 0 Å². The third-order valence-corrected chi connectivity index (χ3v) is 5.28. The Kier molecular flexibility index (Phi) is 4.74. The molecule has 3 aliphatic heterocycles. The molecule has 2 fully saturated rings. The highest BCUT2D eigenvalue weighted by molar-refractivity contribution is 6.22. The van der Waals surface area contributed by atoms with E-state index in [2.05, 4.69) is 10.6 Å². The monoisotopic (exact) mass is 357 g/mol. The van der Waals surface area contributed by atoms with Gasteiger partial charge in [-0.05, 0) is 50.4 Å². The molecule has 7 nitrogen and oxygen atoms in total. The molecule has 0 aromatic heterocycles. The standard InChI is InChI=1S/C19H23N3O4/c23-17(21-13-3-1-7-20-10-13)12-5-6-15-16(9-12)19(25)22(18(15)24)11-14-4-2-8-26-14/h5-6,9,13-14,20H,1-4,7-8,10-11H2,(H,21,23)/t13-,14?/m0/s1. The highest BCUT2D eigenvalue weighted by atomic mass is 16.5. The summed E-state index contributed by atoms with van der Waals surface area (Å²) >= 11 is 0. The predicted molar refractivity (Wildman–Crippen MR) is 94.1 cm³/mol. The minimum absolute atomic E-state index is 0.0845. The van der Waals surface area contributed by atoms with E-state index in [9.17, 15) is 14.4 Å². The van der Waals surface area contributed by atoms with Crippen molar-refractivity contribution in [3.63, 3.8) is 0 Å². The number of benzene rings is 1. The largest absolute Gasteiger partial charge is 0.376 e. The van der Waals surface area contributed by atoms with E-state index in [0.717, 1.165) is 38.8 Å². The molecular weight excluding hydrogens is 334 g/mol. The Labute approximate surface area is 152 Å². The number of carbonyl (C=O) groups excluding carboxylic acids is 3. The molecule has 26 heavy (non-hydrogen) atoms. The van der Waals surface area contributed by atoms with Gasteiger partial charge in [-0.25, -0.2) is 0 Å². The lowest BCUT2D eigenvalue weighted by Gasteiger charge is -2.23. The number of ether oxygens (including phenoxy) is 1. The topological polar surface area (TPSA) is 87.7 Å². The predicted octanol–water partition coefficient (Wildman–Crippen LogP) is 0.943. The van der Waals surface area contributed by atoms with Gasteiger partial charge in [0.1, 0.15) is 0 Å². The second-order valence-electron chi connectivity index (χ2n) is 7.13. The van der Waals surface area contributed by atoms with Crippen LogP contribution in [0.1, 0.15) is 56.8 Å². The number of nitrogens with one attached hydrogen (secondary N) is 2. The number of hydrogen-bond donors (Lipinski definition) is 2. The summed E-state index contributed by atoms with van der Waals surface area (Å²) in [5.41, 5.74) is 1.08. The van der Waals surface area contributed by atoms with Crippen LogP contribution in [0.5, 0.6) is 0 Å². The summed E-state index contributed by atoms with van der Waals surface area (Å²) in [6.45, 7) is 2.68. The molecule has 0 radical (unpaired) electrons. The third kappa shape index (κ3) is 3.24. The fourth-order valence-electron chi connectivity index (χ4n) is 3.83. The van der Waals surface area contributed by atoms with Gasteiger partial charge >= 0.3 is 0 Å². The van der Waals surface area contributed by atoms with Gasteiger partial charge in [0.25, 0.3) is 17.7 Å². The van der Waals surface area contributed by atoms with Crippen molar-refractivity contribution in [2.75, 3.05) is 26.2 Å². The lowest BCUT2D eigenvalue weighted by Crippen LogP contribution is -2.45. The van der Waals surface area contributed by atoms with Gasteiger partial charge in [0.05, 0.1) is 23.8 Å². The van der Waals surface area contributed by atoms with Crippen LogP contribution >= 0.6 is 0 Å². The molecule has 138 valence electrons. The van der Waals surface area contributed by atoms with E-state index in [1.54, 1.807) is 12.1 Å². The van der Waals surface area contributed by atoms with Crippen molar-refractivity contribution >= 4 is 17.7 Å². The maximum absolute atomic E-state index is 12.7. The average Bonchev–Trinajstić information content (AvgIpc) is 3.25. The van der Waals surface area contributed by atoms with Crippen molar-refractivity contribution in [2.45, 2.75) is 37.8 Å². The molecule has 0 aliphatic carbocycles. The number of nitrogens with zero attached hydrogens (tertiary/aromatic N) is 1. The molecule has 7 heteroatoms. The van der Waals surface area contributed by atoms with E-state index in [0.29, 0.717) is 23.3 Å². The summed E-state index contributed by atoms with van der Waals surface area (Å²) in [5.74, 6) is -0.849. The maximum Gasteiger partial charge on any atom is 0.261 e. The number of amides is 3. The van der Waals surface area contributed by atoms with E-state index in [-0.39, 0.29) is 36.4 Å². The minimum Gasteiger partial charge on any atom is -0.376 e.